The second-order valence-electron chi connectivity index (χ2n) is 4.78. The zero-order valence-electron chi connectivity index (χ0n) is 12.5. The summed E-state index contributed by atoms with van der Waals surface area (Å²) in [4.78, 5) is 12.2. The van der Waals surface area contributed by atoms with Gasteiger partial charge < -0.3 is 15.2 Å². The van der Waals surface area contributed by atoms with Crippen LogP contribution in [0.3, 0.4) is 0 Å². The van der Waals surface area contributed by atoms with Crippen LogP contribution in [0, 0.1) is 23.0 Å². The smallest absolute Gasteiger partial charge is 0.338 e. The van der Waals surface area contributed by atoms with Gasteiger partial charge in [-0.05, 0) is 32.0 Å². The monoisotopic (exact) mass is 320 g/mol. The number of ether oxygens (including phenoxy) is 2. The normalized spacial score (nSPS) is 17.6. The van der Waals surface area contributed by atoms with Crippen LogP contribution >= 0.6 is 0 Å². The van der Waals surface area contributed by atoms with Gasteiger partial charge in [-0.1, -0.05) is 0 Å². The van der Waals surface area contributed by atoms with Gasteiger partial charge >= 0.3 is 5.97 Å². The first-order chi connectivity index (χ1) is 10.9. The highest BCUT2D eigenvalue weighted by Crippen LogP contribution is 2.40. The summed E-state index contributed by atoms with van der Waals surface area (Å²) in [5.41, 5.74) is 5.22. The molecule has 1 heterocycles. The molecule has 1 aliphatic rings. The van der Waals surface area contributed by atoms with Gasteiger partial charge in [0, 0.05) is 5.56 Å². The van der Waals surface area contributed by atoms with Crippen molar-refractivity contribution in [1.82, 2.24) is 0 Å². The summed E-state index contributed by atoms with van der Waals surface area (Å²) < 4.78 is 37.9. The number of halogens is 2. The molecule has 0 saturated heterocycles. The Labute approximate surface area is 131 Å². The van der Waals surface area contributed by atoms with Crippen molar-refractivity contribution in [2.75, 3.05) is 6.61 Å². The van der Waals surface area contributed by atoms with E-state index >= 15 is 0 Å². The van der Waals surface area contributed by atoms with Gasteiger partial charge in [-0.25, -0.2) is 13.6 Å². The van der Waals surface area contributed by atoms with Gasteiger partial charge in [0.25, 0.3) is 0 Å². The highest BCUT2D eigenvalue weighted by Gasteiger charge is 2.37. The number of nitrogens with zero attached hydrogens (tertiary/aromatic N) is 1. The van der Waals surface area contributed by atoms with Gasteiger partial charge in [-0.2, -0.15) is 5.26 Å². The Hall–Kier alpha value is -2.88. The topological polar surface area (TPSA) is 85.3 Å². The van der Waals surface area contributed by atoms with E-state index in [-0.39, 0.29) is 35.0 Å². The van der Waals surface area contributed by atoms with Crippen molar-refractivity contribution in [2.45, 2.75) is 19.8 Å². The Kier molecular flexibility index (Phi) is 4.65. The maximum Gasteiger partial charge on any atom is 0.338 e. The van der Waals surface area contributed by atoms with E-state index in [9.17, 15) is 18.8 Å². The third kappa shape index (κ3) is 3.01. The van der Waals surface area contributed by atoms with E-state index in [4.69, 9.17) is 15.2 Å². The molecule has 0 bridgehead atoms. The number of esters is 1. The highest BCUT2D eigenvalue weighted by atomic mass is 19.1. The summed E-state index contributed by atoms with van der Waals surface area (Å²) in [5, 5.41) is 9.31. The summed E-state index contributed by atoms with van der Waals surface area (Å²) in [5.74, 6) is -3.62. The Bertz CT molecular complexity index is 763. The molecular formula is C16H14F2N2O3. The van der Waals surface area contributed by atoms with Crippen LogP contribution in [0.1, 0.15) is 25.3 Å². The van der Waals surface area contributed by atoms with Crippen molar-refractivity contribution < 1.29 is 23.0 Å². The number of hydrogen-bond donors (Lipinski definition) is 1. The molecule has 1 aliphatic heterocycles. The second-order valence-corrected chi connectivity index (χ2v) is 4.78. The predicted octanol–water partition coefficient (Wildman–Crippen LogP) is 2.61. The van der Waals surface area contributed by atoms with Crippen LogP contribution in [0.4, 0.5) is 8.78 Å². The Morgan fingerprint density at radius 3 is 2.78 bits per heavy atom. The Balaban J connectivity index is 2.69. The molecule has 2 N–H and O–H groups in total. The molecule has 0 radical (unpaired) electrons. The Morgan fingerprint density at radius 2 is 2.17 bits per heavy atom. The first-order valence-corrected chi connectivity index (χ1v) is 6.81. The number of allylic oxidation sites excluding steroid dienone is 2. The molecule has 7 heteroatoms. The summed E-state index contributed by atoms with van der Waals surface area (Å²) in [6.07, 6.45) is 0. The van der Waals surface area contributed by atoms with E-state index in [1.165, 1.54) is 6.92 Å². The highest BCUT2D eigenvalue weighted by molar-refractivity contribution is 5.92. The van der Waals surface area contributed by atoms with E-state index in [0.717, 1.165) is 18.2 Å². The first-order valence-electron chi connectivity index (χ1n) is 6.81. The third-order valence-electron chi connectivity index (χ3n) is 3.37. The third-order valence-corrected chi connectivity index (χ3v) is 3.37. The summed E-state index contributed by atoms with van der Waals surface area (Å²) in [6.45, 7) is 3.12. The van der Waals surface area contributed by atoms with Crippen LogP contribution in [-0.4, -0.2) is 12.6 Å². The lowest BCUT2D eigenvalue weighted by Gasteiger charge is -2.27. The standard InChI is InChI=1S/C16H14F2N2O3/c1-3-22-16(21)13-8(2)23-15(20)11(7-19)14(13)10-6-9(17)4-5-12(10)18/h4-6,14H,3,20H2,1-2H3/t14-/m0/s1. The summed E-state index contributed by atoms with van der Waals surface area (Å²) >= 11 is 0. The molecule has 23 heavy (non-hydrogen) atoms. The Morgan fingerprint density at radius 1 is 1.48 bits per heavy atom. The number of rotatable bonds is 3. The van der Waals surface area contributed by atoms with E-state index < -0.39 is 23.5 Å². The van der Waals surface area contributed by atoms with Crippen LogP contribution in [0.2, 0.25) is 0 Å². The van der Waals surface area contributed by atoms with E-state index in [1.807, 2.05) is 0 Å². The number of nitrogens with two attached hydrogens (primary N) is 1. The molecule has 1 aromatic carbocycles. The van der Waals surface area contributed by atoms with Gasteiger partial charge in [-0.15, -0.1) is 0 Å². The van der Waals surface area contributed by atoms with Gasteiger partial charge in [-0.3, -0.25) is 0 Å². The molecule has 0 unspecified atom stereocenters. The lowest BCUT2D eigenvalue weighted by atomic mass is 9.83. The van der Waals surface area contributed by atoms with Crippen LogP contribution in [0.5, 0.6) is 0 Å². The molecule has 2 rings (SSSR count). The van der Waals surface area contributed by atoms with Gasteiger partial charge in [0.15, 0.2) is 0 Å². The number of carbonyl (C=O) groups excluding carboxylic acids is 1. The van der Waals surface area contributed by atoms with Crippen molar-refractivity contribution >= 4 is 5.97 Å². The number of nitriles is 1. The van der Waals surface area contributed by atoms with Crippen molar-refractivity contribution in [3.05, 3.63) is 58.2 Å². The zero-order chi connectivity index (χ0) is 17.1. The molecule has 0 spiro atoms. The predicted molar refractivity (Wildman–Crippen MR) is 76.3 cm³/mol. The largest absolute Gasteiger partial charge is 0.463 e. The second kappa shape index (κ2) is 6.48. The minimum absolute atomic E-state index is 0.0774. The minimum Gasteiger partial charge on any atom is -0.463 e. The quantitative estimate of drug-likeness (QED) is 0.865. The first kappa shape index (κ1) is 16.5. The molecule has 120 valence electrons. The SMILES string of the molecule is CCOC(=O)C1=C(C)OC(N)=C(C#N)[C@@H]1c1cc(F)ccc1F. The molecule has 1 aromatic rings. The molecule has 0 amide bonds. The molecule has 0 aliphatic carbocycles. The maximum atomic E-state index is 14.2. The summed E-state index contributed by atoms with van der Waals surface area (Å²) in [7, 11) is 0. The van der Waals surface area contributed by atoms with Crippen molar-refractivity contribution in [2.24, 2.45) is 5.73 Å². The molecule has 5 nitrogen and oxygen atoms in total. The van der Waals surface area contributed by atoms with Crippen LogP contribution in [0.25, 0.3) is 0 Å². The molecular weight excluding hydrogens is 306 g/mol. The number of carbonyl (C=O) groups is 1. The van der Waals surface area contributed by atoms with Crippen LogP contribution < -0.4 is 5.73 Å². The number of benzene rings is 1. The van der Waals surface area contributed by atoms with Gasteiger partial charge in [0.05, 0.1) is 18.1 Å². The molecule has 0 fully saturated rings. The van der Waals surface area contributed by atoms with Gasteiger partial charge in [0.1, 0.15) is 29.0 Å². The lowest BCUT2D eigenvalue weighted by Crippen LogP contribution is -2.26. The number of hydrogen-bond acceptors (Lipinski definition) is 5. The van der Waals surface area contributed by atoms with E-state index in [2.05, 4.69) is 0 Å². The fourth-order valence-electron chi connectivity index (χ4n) is 2.40. The van der Waals surface area contributed by atoms with Gasteiger partial charge in [0.2, 0.25) is 5.88 Å². The minimum atomic E-state index is -1.19. The lowest BCUT2D eigenvalue weighted by molar-refractivity contribution is -0.139. The van der Waals surface area contributed by atoms with Crippen LogP contribution in [0.15, 0.2) is 41.0 Å². The average molecular weight is 320 g/mol. The van der Waals surface area contributed by atoms with E-state index in [1.54, 1.807) is 13.0 Å². The van der Waals surface area contributed by atoms with Crippen molar-refractivity contribution in [3.8, 4) is 6.07 Å². The van der Waals surface area contributed by atoms with E-state index in [0.29, 0.717) is 0 Å². The maximum absolute atomic E-state index is 14.2. The summed E-state index contributed by atoms with van der Waals surface area (Å²) in [6, 6.07) is 4.58. The fraction of sp³-hybridized carbons (Fsp3) is 0.250. The molecule has 1 atom stereocenters. The average Bonchev–Trinajstić information content (AvgIpc) is 2.49. The van der Waals surface area contributed by atoms with Crippen molar-refractivity contribution in [1.29, 1.82) is 5.26 Å². The van der Waals surface area contributed by atoms with Crippen molar-refractivity contribution in [3.63, 3.8) is 0 Å². The van der Waals surface area contributed by atoms with Crippen LogP contribution in [-0.2, 0) is 14.3 Å². The molecule has 0 aromatic heterocycles. The zero-order valence-corrected chi connectivity index (χ0v) is 12.5. The fourth-order valence-corrected chi connectivity index (χ4v) is 2.40. The molecule has 0 saturated carbocycles.